The molecule has 2 heterocycles. The molecule has 2 amide bonds. The summed E-state index contributed by atoms with van der Waals surface area (Å²) in [5.41, 5.74) is 0.855. The minimum Gasteiger partial charge on any atom is -0.327 e. The highest BCUT2D eigenvalue weighted by Gasteiger charge is 2.41. The second-order valence-corrected chi connectivity index (χ2v) is 5.68. The summed E-state index contributed by atoms with van der Waals surface area (Å²) in [5, 5.41) is 0.725. The van der Waals surface area contributed by atoms with Gasteiger partial charge in [0.15, 0.2) is 0 Å². The van der Waals surface area contributed by atoms with Crippen molar-refractivity contribution in [3.63, 3.8) is 0 Å². The van der Waals surface area contributed by atoms with Crippen molar-refractivity contribution in [2.75, 3.05) is 18.5 Å². The summed E-state index contributed by atoms with van der Waals surface area (Å²) in [4.78, 5) is 28.1. The maximum Gasteiger partial charge on any atom is 0.256 e. The molecule has 0 radical (unpaired) electrons. The van der Waals surface area contributed by atoms with E-state index in [0.717, 1.165) is 6.42 Å². The summed E-state index contributed by atoms with van der Waals surface area (Å²) in [7, 11) is 1.65. The second-order valence-electron chi connectivity index (χ2n) is 4.84. The molecule has 1 fully saturated rings. The zero-order chi connectivity index (χ0) is 13.7. The van der Waals surface area contributed by atoms with Gasteiger partial charge in [-0.25, -0.2) is 0 Å². The predicted octanol–water partition coefficient (Wildman–Crippen LogP) is 2.57. The van der Waals surface area contributed by atoms with Crippen molar-refractivity contribution in [2.45, 2.75) is 18.9 Å². The van der Waals surface area contributed by atoms with Crippen LogP contribution in [0.25, 0.3) is 0 Å². The van der Waals surface area contributed by atoms with Gasteiger partial charge in [-0.1, -0.05) is 23.2 Å². The van der Waals surface area contributed by atoms with Crippen molar-refractivity contribution in [1.82, 2.24) is 4.90 Å². The van der Waals surface area contributed by atoms with Gasteiger partial charge in [-0.15, -0.1) is 0 Å². The lowest BCUT2D eigenvalue weighted by Crippen LogP contribution is -2.43. The molecule has 0 aliphatic carbocycles. The zero-order valence-corrected chi connectivity index (χ0v) is 11.8. The number of carbonyl (C=O) groups excluding carboxylic acids is 2. The van der Waals surface area contributed by atoms with Crippen LogP contribution in [-0.2, 0) is 4.79 Å². The van der Waals surface area contributed by atoms with Gasteiger partial charge in [0.25, 0.3) is 5.91 Å². The highest BCUT2D eigenvalue weighted by Crippen LogP contribution is 2.38. The lowest BCUT2D eigenvalue weighted by molar-refractivity contribution is -0.121. The number of carbonyl (C=O) groups is 2. The molecule has 2 aliphatic rings. The van der Waals surface area contributed by atoms with Crippen molar-refractivity contribution >= 4 is 40.7 Å². The molecule has 1 saturated heterocycles. The first-order valence-corrected chi connectivity index (χ1v) is 6.84. The molecule has 4 nitrogen and oxygen atoms in total. The average molecular weight is 299 g/mol. The van der Waals surface area contributed by atoms with Crippen LogP contribution in [0.4, 0.5) is 5.69 Å². The average Bonchev–Trinajstić information content (AvgIpc) is 2.81. The Labute approximate surface area is 120 Å². The van der Waals surface area contributed by atoms with E-state index in [1.54, 1.807) is 24.1 Å². The quantitative estimate of drug-likeness (QED) is 0.739. The number of anilines is 1. The Bertz CT molecular complexity index is 588. The number of hydrogen-bond acceptors (Lipinski definition) is 2. The lowest BCUT2D eigenvalue weighted by Gasteiger charge is -2.22. The fourth-order valence-corrected chi connectivity index (χ4v) is 3.45. The Morgan fingerprint density at radius 1 is 1.26 bits per heavy atom. The van der Waals surface area contributed by atoms with E-state index in [9.17, 15) is 9.59 Å². The molecule has 1 aromatic carbocycles. The van der Waals surface area contributed by atoms with E-state index in [1.807, 2.05) is 0 Å². The number of rotatable bonds is 0. The Morgan fingerprint density at radius 2 is 2.00 bits per heavy atom. The molecule has 0 spiro atoms. The number of hydrogen-bond donors (Lipinski definition) is 0. The predicted molar refractivity (Wildman–Crippen MR) is 73.9 cm³/mol. The van der Waals surface area contributed by atoms with E-state index >= 15 is 0 Å². The maximum atomic E-state index is 12.5. The van der Waals surface area contributed by atoms with Gasteiger partial charge in [0.1, 0.15) is 6.04 Å². The fourth-order valence-electron chi connectivity index (χ4n) is 2.82. The molecular weight excluding hydrogens is 287 g/mol. The van der Waals surface area contributed by atoms with Crippen molar-refractivity contribution < 1.29 is 9.59 Å². The molecule has 2 aliphatic heterocycles. The molecule has 0 N–H and O–H groups in total. The first-order valence-electron chi connectivity index (χ1n) is 6.08. The number of amides is 2. The molecule has 1 unspecified atom stereocenters. The second kappa shape index (κ2) is 4.39. The summed E-state index contributed by atoms with van der Waals surface area (Å²) >= 11 is 12.1. The molecule has 0 bridgehead atoms. The van der Waals surface area contributed by atoms with Crippen molar-refractivity contribution in [3.8, 4) is 0 Å². The van der Waals surface area contributed by atoms with E-state index in [-0.39, 0.29) is 17.9 Å². The van der Waals surface area contributed by atoms with Crippen LogP contribution in [0.15, 0.2) is 12.1 Å². The van der Waals surface area contributed by atoms with Gasteiger partial charge >= 0.3 is 0 Å². The van der Waals surface area contributed by atoms with Gasteiger partial charge in [-0.3, -0.25) is 9.59 Å². The Morgan fingerprint density at radius 3 is 2.74 bits per heavy atom. The van der Waals surface area contributed by atoms with Crippen LogP contribution < -0.4 is 4.90 Å². The minimum absolute atomic E-state index is 0.0891. The van der Waals surface area contributed by atoms with E-state index in [1.165, 1.54) is 4.90 Å². The zero-order valence-electron chi connectivity index (χ0n) is 10.3. The Hall–Kier alpha value is -1.26. The van der Waals surface area contributed by atoms with E-state index in [0.29, 0.717) is 34.3 Å². The number of likely N-dealkylation sites (N-methyl/N-ethyl adjacent to an activating group) is 1. The third kappa shape index (κ3) is 1.82. The lowest BCUT2D eigenvalue weighted by atomic mass is 10.1. The van der Waals surface area contributed by atoms with Gasteiger partial charge in [0.2, 0.25) is 5.91 Å². The first-order chi connectivity index (χ1) is 9.00. The van der Waals surface area contributed by atoms with Crippen molar-refractivity contribution in [1.29, 1.82) is 0 Å². The fraction of sp³-hybridized carbons (Fsp3) is 0.385. The van der Waals surface area contributed by atoms with Gasteiger partial charge < -0.3 is 9.80 Å². The van der Waals surface area contributed by atoms with E-state index in [4.69, 9.17) is 23.2 Å². The normalized spacial score (nSPS) is 22.4. The molecule has 1 aromatic rings. The first kappa shape index (κ1) is 12.8. The largest absolute Gasteiger partial charge is 0.327 e. The van der Waals surface area contributed by atoms with Crippen LogP contribution >= 0.6 is 23.2 Å². The van der Waals surface area contributed by atoms with Gasteiger partial charge in [0.05, 0.1) is 16.3 Å². The minimum atomic E-state index is -0.375. The highest BCUT2D eigenvalue weighted by molar-refractivity contribution is 6.38. The summed E-state index contributed by atoms with van der Waals surface area (Å²) in [6.45, 7) is 0.604. The SMILES string of the molecule is CN1C(=O)C2CCCN2C(=O)c2cc(Cl)cc(Cl)c21. The number of nitrogens with zero attached hydrogens (tertiary/aromatic N) is 2. The molecule has 100 valence electrons. The van der Waals surface area contributed by atoms with Crippen LogP contribution in [-0.4, -0.2) is 36.3 Å². The van der Waals surface area contributed by atoms with E-state index < -0.39 is 0 Å². The molecule has 3 rings (SSSR count). The van der Waals surface area contributed by atoms with Gasteiger partial charge in [-0.05, 0) is 25.0 Å². The Kier molecular flexibility index (Phi) is 2.95. The van der Waals surface area contributed by atoms with Crippen molar-refractivity contribution in [2.24, 2.45) is 0 Å². The van der Waals surface area contributed by atoms with Crippen molar-refractivity contribution in [3.05, 3.63) is 27.7 Å². The van der Waals surface area contributed by atoms with Crippen LogP contribution in [0.5, 0.6) is 0 Å². The summed E-state index contributed by atoms with van der Waals surface area (Å²) < 4.78 is 0. The van der Waals surface area contributed by atoms with Gasteiger partial charge in [0, 0.05) is 18.6 Å². The topological polar surface area (TPSA) is 40.6 Å². The molecular formula is C13H12Cl2N2O2. The maximum absolute atomic E-state index is 12.5. The Balaban J connectivity index is 2.24. The van der Waals surface area contributed by atoms with E-state index in [2.05, 4.69) is 0 Å². The van der Waals surface area contributed by atoms with Crippen LogP contribution in [0, 0.1) is 0 Å². The number of fused-ring (bicyclic) bond motifs is 2. The molecule has 19 heavy (non-hydrogen) atoms. The summed E-state index contributed by atoms with van der Waals surface area (Å²) in [6.07, 6.45) is 1.55. The number of benzene rings is 1. The smallest absolute Gasteiger partial charge is 0.256 e. The molecule has 6 heteroatoms. The van der Waals surface area contributed by atoms with Gasteiger partial charge in [-0.2, -0.15) is 0 Å². The third-order valence-electron chi connectivity index (χ3n) is 3.72. The number of halogens is 2. The van der Waals surface area contributed by atoms with Crippen LogP contribution in [0.1, 0.15) is 23.2 Å². The van der Waals surface area contributed by atoms with Crippen LogP contribution in [0.3, 0.4) is 0 Å². The molecule has 0 saturated carbocycles. The third-order valence-corrected chi connectivity index (χ3v) is 4.23. The summed E-state index contributed by atoms with van der Waals surface area (Å²) in [6, 6.07) is 2.75. The highest BCUT2D eigenvalue weighted by atomic mass is 35.5. The monoisotopic (exact) mass is 298 g/mol. The van der Waals surface area contributed by atoms with Crippen LogP contribution in [0.2, 0.25) is 10.0 Å². The molecule has 1 atom stereocenters. The summed E-state index contributed by atoms with van der Waals surface area (Å²) in [5.74, 6) is -0.256. The molecule has 0 aromatic heterocycles. The standard InChI is InChI=1S/C13H12Cl2N2O2/c1-16-11-8(5-7(14)6-9(11)15)12(18)17-4-2-3-10(17)13(16)19/h5-6,10H,2-4H2,1H3.